The van der Waals surface area contributed by atoms with E-state index in [1.807, 2.05) is 0 Å². The lowest BCUT2D eigenvalue weighted by atomic mass is 10.2. The Balaban J connectivity index is 0.000000213. The lowest BCUT2D eigenvalue weighted by Gasteiger charge is -2.33. The number of likely N-dealkylation sites (N-methyl/N-ethyl adjacent to an activating group) is 1. The van der Waals surface area contributed by atoms with Crippen LogP contribution in [-0.4, -0.2) is 37.1 Å². The highest BCUT2D eigenvalue weighted by Crippen LogP contribution is 2.40. The van der Waals surface area contributed by atoms with E-state index in [1.54, 1.807) is 0 Å². The molecule has 2 fully saturated rings. The van der Waals surface area contributed by atoms with Gasteiger partial charge in [-0.25, -0.2) is 0 Å². The third-order valence-corrected chi connectivity index (χ3v) is 2.71. The zero-order valence-electron chi connectivity index (χ0n) is 8.69. The Bertz CT molecular complexity index is 130. The summed E-state index contributed by atoms with van der Waals surface area (Å²) in [5.74, 6) is 0. The van der Waals surface area contributed by atoms with Crippen LogP contribution in [0.2, 0.25) is 0 Å². The summed E-state index contributed by atoms with van der Waals surface area (Å²) in [5, 5.41) is 3.43. The van der Waals surface area contributed by atoms with Crippen molar-refractivity contribution in [1.29, 1.82) is 0 Å². The van der Waals surface area contributed by atoms with Gasteiger partial charge >= 0.3 is 0 Å². The molecule has 1 aliphatic carbocycles. The van der Waals surface area contributed by atoms with E-state index in [9.17, 15) is 0 Å². The van der Waals surface area contributed by atoms with Crippen LogP contribution in [0.5, 0.6) is 0 Å². The first-order valence-electron chi connectivity index (χ1n) is 5.17. The second kappa shape index (κ2) is 4.24. The Hall–Kier alpha value is -0.0800. The van der Waals surface area contributed by atoms with Crippen molar-refractivity contribution in [3.05, 3.63) is 0 Å². The summed E-state index contributed by atoms with van der Waals surface area (Å²) in [6.07, 6.45) is 4.08. The Morgan fingerprint density at radius 3 is 2.25 bits per heavy atom. The van der Waals surface area contributed by atoms with Gasteiger partial charge in [-0.05, 0) is 19.9 Å². The van der Waals surface area contributed by atoms with Gasteiger partial charge in [-0.3, -0.25) is 4.90 Å². The smallest absolute Gasteiger partial charge is 0.0332 e. The molecule has 2 rings (SSSR count). The zero-order chi connectivity index (χ0) is 9.03. The molecule has 0 atom stereocenters. The van der Waals surface area contributed by atoms with Crippen LogP contribution in [-0.2, 0) is 0 Å². The third kappa shape index (κ3) is 2.20. The summed E-state index contributed by atoms with van der Waals surface area (Å²) in [5.41, 5.74) is 0.609. The van der Waals surface area contributed by atoms with E-state index in [-0.39, 0.29) is 0 Å². The third-order valence-electron chi connectivity index (χ3n) is 2.71. The van der Waals surface area contributed by atoms with E-state index in [1.165, 1.54) is 38.9 Å². The average Bonchev–Trinajstić information content (AvgIpc) is 2.79. The van der Waals surface area contributed by atoms with Crippen molar-refractivity contribution >= 4 is 0 Å². The van der Waals surface area contributed by atoms with Gasteiger partial charge in [0.25, 0.3) is 0 Å². The molecule has 1 aliphatic heterocycles. The Kier molecular flexibility index (Phi) is 3.53. The molecule has 1 spiro atoms. The fourth-order valence-corrected chi connectivity index (χ4v) is 1.64. The minimum absolute atomic E-state index is 0.609. The van der Waals surface area contributed by atoms with Crippen molar-refractivity contribution in [3.63, 3.8) is 0 Å². The zero-order valence-corrected chi connectivity index (χ0v) is 8.69. The Labute approximate surface area is 76.3 Å². The first-order valence-corrected chi connectivity index (χ1v) is 5.17. The molecule has 0 aromatic rings. The molecule has 0 bridgehead atoms. The van der Waals surface area contributed by atoms with Crippen LogP contribution in [0.1, 0.15) is 33.1 Å². The summed E-state index contributed by atoms with van der Waals surface area (Å²) >= 11 is 0. The minimum atomic E-state index is 0.609. The quantitative estimate of drug-likeness (QED) is 0.592. The topological polar surface area (TPSA) is 15.3 Å². The molecule has 1 N–H and O–H groups in total. The number of hydrogen-bond donors (Lipinski definition) is 1. The number of rotatable bonds is 0. The van der Waals surface area contributed by atoms with Crippen LogP contribution in [0.15, 0.2) is 0 Å². The summed E-state index contributed by atoms with van der Waals surface area (Å²) in [6.45, 7) is 7.89. The maximum Gasteiger partial charge on any atom is 0.0332 e. The van der Waals surface area contributed by atoms with Crippen molar-refractivity contribution in [2.24, 2.45) is 0 Å². The van der Waals surface area contributed by atoms with Gasteiger partial charge in [0.2, 0.25) is 0 Å². The van der Waals surface area contributed by atoms with Crippen molar-refractivity contribution in [3.8, 4) is 0 Å². The monoisotopic (exact) mass is 170 g/mol. The molecule has 72 valence electrons. The van der Waals surface area contributed by atoms with Crippen LogP contribution >= 0.6 is 0 Å². The molecule has 2 nitrogen and oxygen atoms in total. The average molecular weight is 170 g/mol. The molecule has 1 saturated heterocycles. The standard InChI is InChI=1S/C7H14N2.C3H8/c1-9-5-4-8-6-7(9)2-3-7;1-3-2/h8H,2-6H2,1H3;3H2,1-2H3. The molecule has 0 amide bonds. The molecule has 0 unspecified atom stereocenters. The highest BCUT2D eigenvalue weighted by molar-refractivity contribution is 5.06. The predicted molar refractivity (Wildman–Crippen MR) is 53.4 cm³/mol. The minimum Gasteiger partial charge on any atom is -0.314 e. The molecule has 12 heavy (non-hydrogen) atoms. The van der Waals surface area contributed by atoms with Crippen molar-refractivity contribution in [2.45, 2.75) is 38.6 Å². The van der Waals surface area contributed by atoms with Gasteiger partial charge in [0.05, 0.1) is 0 Å². The molecule has 0 radical (unpaired) electrons. The molecule has 1 saturated carbocycles. The van der Waals surface area contributed by atoms with Crippen molar-refractivity contribution in [1.82, 2.24) is 10.2 Å². The summed E-state index contributed by atoms with van der Waals surface area (Å²) in [4.78, 5) is 2.50. The molecule has 0 aromatic heterocycles. The van der Waals surface area contributed by atoms with E-state index >= 15 is 0 Å². The van der Waals surface area contributed by atoms with Gasteiger partial charge in [-0.2, -0.15) is 0 Å². The van der Waals surface area contributed by atoms with Crippen molar-refractivity contribution in [2.75, 3.05) is 26.7 Å². The maximum absolute atomic E-state index is 3.43. The number of piperazine rings is 1. The molecular formula is C10H22N2. The Morgan fingerprint density at radius 1 is 1.33 bits per heavy atom. The van der Waals surface area contributed by atoms with E-state index in [2.05, 4.69) is 31.1 Å². The maximum atomic E-state index is 3.43. The van der Waals surface area contributed by atoms with E-state index in [0.717, 1.165) is 0 Å². The molecule has 1 heterocycles. The summed E-state index contributed by atoms with van der Waals surface area (Å²) < 4.78 is 0. The number of hydrogen-bond acceptors (Lipinski definition) is 2. The van der Waals surface area contributed by atoms with Gasteiger partial charge in [-0.15, -0.1) is 0 Å². The fraction of sp³-hybridized carbons (Fsp3) is 1.00. The SMILES string of the molecule is CCC.CN1CCNCC12CC2. The molecular weight excluding hydrogens is 148 g/mol. The summed E-state index contributed by atoms with van der Waals surface area (Å²) in [7, 11) is 2.24. The van der Waals surface area contributed by atoms with Crippen molar-refractivity contribution < 1.29 is 0 Å². The van der Waals surface area contributed by atoms with Crippen LogP contribution in [0.3, 0.4) is 0 Å². The van der Waals surface area contributed by atoms with Gasteiger partial charge in [0, 0.05) is 25.2 Å². The van der Waals surface area contributed by atoms with Crippen LogP contribution in [0.4, 0.5) is 0 Å². The predicted octanol–water partition coefficient (Wildman–Crippen LogP) is 1.47. The molecule has 0 aromatic carbocycles. The van der Waals surface area contributed by atoms with Gasteiger partial charge in [0.15, 0.2) is 0 Å². The first-order chi connectivity index (χ1) is 5.75. The largest absolute Gasteiger partial charge is 0.314 e. The second-order valence-electron chi connectivity index (χ2n) is 4.03. The number of nitrogens with one attached hydrogen (secondary N) is 1. The highest BCUT2D eigenvalue weighted by atomic mass is 15.3. The second-order valence-corrected chi connectivity index (χ2v) is 4.03. The summed E-state index contributed by atoms with van der Waals surface area (Å²) in [6, 6.07) is 0. The van der Waals surface area contributed by atoms with Crippen LogP contribution < -0.4 is 5.32 Å². The van der Waals surface area contributed by atoms with Crippen LogP contribution in [0.25, 0.3) is 0 Å². The molecule has 2 aliphatic rings. The van der Waals surface area contributed by atoms with E-state index in [0.29, 0.717) is 5.54 Å². The first kappa shape index (κ1) is 10.0. The van der Waals surface area contributed by atoms with Crippen LogP contribution in [0, 0.1) is 0 Å². The Morgan fingerprint density at radius 2 is 1.92 bits per heavy atom. The van der Waals surface area contributed by atoms with Gasteiger partial charge in [-0.1, -0.05) is 20.3 Å². The highest BCUT2D eigenvalue weighted by Gasteiger charge is 2.46. The lowest BCUT2D eigenvalue weighted by Crippen LogP contribution is -2.51. The number of nitrogens with zero attached hydrogens (tertiary/aromatic N) is 1. The van der Waals surface area contributed by atoms with E-state index < -0.39 is 0 Å². The normalized spacial score (nSPS) is 26.2. The van der Waals surface area contributed by atoms with E-state index in [4.69, 9.17) is 0 Å². The fourth-order valence-electron chi connectivity index (χ4n) is 1.64. The lowest BCUT2D eigenvalue weighted by molar-refractivity contribution is 0.180. The van der Waals surface area contributed by atoms with Gasteiger partial charge < -0.3 is 5.32 Å². The van der Waals surface area contributed by atoms with Gasteiger partial charge in [0.1, 0.15) is 0 Å². The molecule has 2 heteroatoms.